The minimum Gasteiger partial charge on any atom is -0.352 e. The van der Waals surface area contributed by atoms with Gasteiger partial charge in [-0.15, -0.1) is 0 Å². The molecule has 130 valence electrons. The van der Waals surface area contributed by atoms with Crippen molar-refractivity contribution in [1.29, 1.82) is 0 Å². The molecule has 1 saturated heterocycles. The number of hydrogen-bond acceptors (Lipinski definition) is 4. The molecule has 1 fully saturated rings. The average molecular weight is 350 g/mol. The van der Waals surface area contributed by atoms with Crippen LogP contribution in [0.5, 0.6) is 0 Å². The van der Waals surface area contributed by atoms with Crippen LogP contribution in [0.4, 0.5) is 16.2 Å². The van der Waals surface area contributed by atoms with Crippen LogP contribution in [0.2, 0.25) is 0 Å². The average Bonchev–Trinajstić information content (AvgIpc) is 2.97. The lowest BCUT2D eigenvalue weighted by molar-refractivity contribution is -0.118. The number of amides is 4. The Morgan fingerprint density at radius 2 is 2.21 bits per heavy atom. The molecule has 24 heavy (non-hydrogen) atoms. The van der Waals surface area contributed by atoms with Crippen molar-refractivity contribution < 1.29 is 14.4 Å². The molecule has 0 radical (unpaired) electrons. The van der Waals surface area contributed by atoms with Crippen LogP contribution in [-0.4, -0.2) is 42.4 Å². The second kappa shape index (κ2) is 8.58. The van der Waals surface area contributed by atoms with Gasteiger partial charge in [-0.2, -0.15) is 11.8 Å². The summed E-state index contributed by atoms with van der Waals surface area (Å²) in [5.74, 6) is 0.486. The van der Waals surface area contributed by atoms with Crippen LogP contribution >= 0.6 is 11.8 Å². The van der Waals surface area contributed by atoms with E-state index in [1.807, 2.05) is 12.3 Å². The van der Waals surface area contributed by atoms with E-state index < -0.39 is 12.1 Å². The number of rotatable bonds is 7. The summed E-state index contributed by atoms with van der Waals surface area (Å²) in [4.78, 5) is 37.0. The second-order valence-electron chi connectivity index (χ2n) is 5.53. The zero-order valence-corrected chi connectivity index (χ0v) is 14.4. The van der Waals surface area contributed by atoms with Crippen molar-refractivity contribution in [3.05, 3.63) is 24.3 Å². The summed E-state index contributed by atoms with van der Waals surface area (Å²) in [7, 11) is 0. The normalized spacial score (nSPS) is 15.2. The Labute approximate surface area is 145 Å². The van der Waals surface area contributed by atoms with E-state index in [1.54, 1.807) is 34.9 Å². The van der Waals surface area contributed by atoms with E-state index in [9.17, 15) is 14.4 Å². The zero-order chi connectivity index (χ0) is 17.5. The van der Waals surface area contributed by atoms with Crippen molar-refractivity contribution >= 4 is 41.0 Å². The fourth-order valence-electron chi connectivity index (χ4n) is 2.58. The van der Waals surface area contributed by atoms with Crippen molar-refractivity contribution in [2.24, 2.45) is 5.73 Å². The van der Waals surface area contributed by atoms with Gasteiger partial charge in [0.15, 0.2) is 0 Å². The predicted molar refractivity (Wildman–Crippen MR) is 96.2 cm³/mol. The molecule has 0 aromatic heterocycles. The van der Waals surface area contributed by atoms with E-state index in [1.165, 1.54) is 0 Å². The number of hydrogen-bond donors (Lipinski definition) is 3. The molecular weight excluding hydrogens is 328 g/mol. The first-order valence-corrected chi connectivity index (χ1v) is 9.17. The predicted octanol–water partition coefficient (Wildman–Crippen LogP) is 1.54. The van der Waals surface area contributed by atoms with Crippen LogP contribution in [0.3, 0.4) is 0 Å². The first-order valence-electron chi connectivity index (χ1n) is 7.77. The molecule has 7 nitrogen and oxygen atoms in total. The summed E-state index contributed by atoms with van der Waals surface area (Å²) in [6, 6.07) is 5.72. The Morgan fingerprint density at radius 1 is 1.42 bits per heavy atom. The largest absolute Gasteiger partial charge is 0.352 e. The highest BCUT2D eigenvalue weighted by Crippen LogP contribution is 2.24. The zero-order valence-electron chi connectivity index (χ0n) is 13.6. The number of carbonyl (C=O) groups excluding carboxylic acids is 3. The maximum Gasteiger partial charge on any atom is 0.312 e. The minimum atomic E-state index is -0.729. The number of benzene rings is 1. The third kappa shape index (κ3) is 4.89. The third-order valence-electron chi connectivity index (χ3n) is 3.74. The summed E-state index contributed by atoms with van der Waals surface area (Å²) in [6.07, 6.45) is 3.81. The van der Waals surface area contributed by atoms with Crippen molar-refractivity contribution in [1.82, 2.24) is 5.32 Å². The van der Waals surface area contributed by atoms with Gasteiger partial charge in [0.1, 0.15) is 6.04 Å². The quantitative estimate of drug-likeness (QED) is 0.694. The number of primary amides is 1. The smallest absolute Gasteiger partial charge is 0.312 e. The number of anilines is 2. The molecule has 4 amide bonds. The van der Waals surface area contributed by atoms with Crippen molar-refractivity contribution in [3.63, 3.8) is 0 Å². The molecule has 4 N–H and O–H groups in total. The molecule has 1 aromatic rings. The molecular formula is C16H22N4O3S. The van der Waals surface area contributed by atoms with E-state index in [2.05, 4.69) is 10.6 Å². The third-order valence-corrected chi connectivity index (χ3v) is 4.39. The molecule has 0 spiro atoms. The summed E-state index contributed by atoms with van der Waals surface area (Å²) in [5, 5.41) is 5.24. The molecule has 1 aliphatic rings. The topological polar surface area (TPSA) is 105 Å². The summed E-state index contributed by atoms with van der Waals surface area (Å²) in [5.41, 5.74) is 6.48. The highest BCUT2D eigenvalue weighted by atomic mass is 32.2. The number of nitrogens with two attached hydrogens (primary N) is 1. The highest BCUT2D eigenvalue weighted by Gasteiger charge is 2.23. The Balaban J connectivity index is 2.06. The Hall–Kier alpha value is -2.22. The van der Waals surface area contributed by atoms with Crippen molar-refractivity contribution in [2.75, 3.05) is 28.8 Å². The van der Waals surface area contributed by atoms with Crippen LogP contribution in [0.25, 0.3) is 0 Å². The van der Waals surface area contributed by atoms with Crippen molar-refractivity contribution in [2.45, 2.75) is 25.3 Å². The SMILES string of the molecule is CSCC[C@@H](NC(N)=O)C(=O)Nc1cccc(N2CCCC2=O)c1. The van der Waals surface area contributed by atoms with Crippen molar-refractivity contribution in [3.8, 4) is 0 Å². The van der Waals surface area contributed by atoms with Gasteiger partial charge in [-0.05, 0) is 43.0 Å². The first-order chi connectivity index (χ1) is 11.5. The van der Waals surface area contributed by atoms with E-state index >= 15 is 0 Å². The maximum atomic E-state index is 12.4. The molecule has 8 heteroatoms. The van der Waals surface area contributed by atoms with E-state index in [4.69, 9.17) is 5.73 Å². The molecule has 0 aliphatic carbocycles. The van der Waals surface area contributed by atoms with Gasteiger partial charge in [-0.1, -0.05) is 6.07 Å². The number of nitrogens with zero attached hydrogens (tertiary/aromatic N) is 1. The standard InChI is InChI=1S/C16H22N4O3S/c1-24-9-7-13(19-16(17)23)15(22)18-11-4-2-5-12(10-11)20-8-3-6-14(20)21/h2,4-5,10,13H,3,6-9H2,1H3,(H,18,22)(H3,17,19,23)/t13-/m1/s1. The summed E-state index contributed by atoms with van der Waals surface area (Å²) < 4.78 is 0. The molecule has 0 bridgehead atoms. The summed E-state index contributed by atoms with van der Waals surface area (Å²) >= 11 is 1.58. The fraction of sp³-hybridized carbons (Fsp3) is 0.438. The highest BCUT2D eigenvalue weighted by molar-refractivity contribution is 7.98. The van der Waals surface area contributed by atoms with Gasteiger partial charge in [0.2, 0.25) is 11.8 Å². The van der Waals surface area contributed by atoms with Gasteiger partial charge in [-0.3, -0.25) is 9.59 Å². The van der Waals surface area contributed by atoms with Crippen LogP contribution in [-0.2, 0) is 9.59 Å². The molecule has 1 heterocycles. The van der Waals surface area contributed by atoms with Gasteiger partial charge in [-0.25, -0.2) is 4.79 Å². The van der Waals surface area contributed by atoms with Gasteiger partial charge in [0, 0.05) is 24.3 Å². The van der Waals surface area contributed by atoms with Crippen LogP contribution in [0, 0.1) is 0 Å². The van der Waals surface area contributed by atoms with E-state index in [0.717, 1.165) is 17.9 Å². The molecule has 1 atom stereocenters. The maximum absolute atomic E-state index is 12.4. The minimum absolute atomic E-state index is 0.0896. The van der Waals surface area contributed by atoms with Gasteiger partial charge < -0.3 is 21.3 Å². The first kappa shape index (κ1) is 18.1. The number of carbonyl (C=O) groups is 3. The van der Waals surface area contributed by atoms with Crippen LogP contribution in [0.15, 0.2) is 24.3 Å². The molecule has 0 unspecified atom stereocenters. The van der Waals surface area contributed by atoms with Gasteiger partial charge >= 0.3 is 6.03 Å². The fourth-order valence-corrected chi connectivity index (χ4v) is 3.05. The summed E-state index contributed by atoms with van der Waals surface area (Å²) in [6.45, 7) is 0.690. The Morgan fingerprint density at radius 3 is 2.83 bits per heavy atom. The van der Waals surface area contributed by atoms with E-state index in [0.29, 0.717) is 25.1 Å². The lowest BCUT2D eigenvalue weighted by atomic mass is 10.2. The van der Waals surface area contributed by atoms with Crippen LogP contribution < -0.4 is 21.3 Å². The second-order valence-corrected chi connectivity index (χ2v) is 6.52. The number of thioether (sulfide) groups is 1. The Kier molecular flexibility index (Phi) is 6.48. The molecule has 2 rings (SSSR count). The lowest BCUT2D eigenvalue weighted by Gasteiger charge is -2.19. The number of urea groups is 1. The molecule has 1 aromatic carbocycles. The molecule has 1 aliphatic heterocycles. The Bertz CT molecular complexity index is 623. The van der Waals surface area contributed by atoms with Gasteiger partial charge in [0.05, 0.1) is 0 Å². The number of nitrogens with one attached hydrogen (secondary N) is 2. The van der Waals surface area contributed by atoms with Gasteiger partial charge in [0.25, 0.3) is 0 Å². The van der Waals surface area contributed by atoms with E-state index in [-0.39, 0.29) is 11.8 Å². The monoisotopic (exact) mass is 350 g/mol. The lowest BCUT2D eigenvalue weighted by Crippen LogP contribution is -2.46. The molecule has 0 saturated carbocycles. The van der Waals surface area contributed by atoms with Crippen LogP contribution in [0.1, 0.15) is 19.3 Å².